The first-order chi connectivity index (χ1) is 9.12. The summed E-state index contributed by atoms with van der Waals surface area (Å²) in [5.41, 5.74) is 1.62. The average Bonchev–Trinajstić information content (AvgIpc) is 2.37. The van der Waals surface area contributed by atoms with E-state index in [9.17, 15) is 0 Å². The van der Waals surface area contributed by atoms with Crippen LogP contribution in [-0.4, -0.2) is 24.2 Å². The first kappa shape index (κ1) is 13.4. The van der Waals surface area contributed by atoms with E-state index in [0.29, 0.717) is 17.3 Å². The van der Waals surface area contributed by atoms with Gasteiger partial charge in [-0.2, -0.15) is 0 Å². The van der Waals surface area contributed by atoms with Gasteiger partial charge in [0.2, 0.25) is 5.28 Å². The third-order valence-electron chi connectivity index (χ3n) is 2.48. The molecule has 5 nitrogen and oxygen atoms in total. The van der Waals surface area contributed by atoms with E-state index >= 15 is 0 Å². The molecule has 0 atom stereocenters. The summed E-state index contributed by atoms with van der Waals surface area (Å²) in [5, 5.41) is 3.35. The Kier molecular flexibility index (Phi) is 4.06. The summed E-state index contributed by atoms with van der Waals surface area (Å²) < 4.78 is 10.4. The SMILES string of the molecule is COc1ccc(Nc2cc(C)nc(Cl)n2)cc1OC. The number of nitrogens with one attached hydrogen (secondary N) is 1. The molecular formula is C13H14ClN3O2. The number of nitrogens with zero attached hydrogens (tertiary/aromatic N) is 2. The number of methoxy groups -OCH3 is 2. The van der Waals surface area contributed by atoms with Crippen molar-refractivity contribution in [1.29, 1.82) is 0 Å². The van der Waals surface area contributed by atoms with Gasteiger partial charge < -0.3 is 14.8 Å². The Bertz CT molecular complexity index is 570. The first-order valence-electron chi connectivity index (χ1n) is 5.62. The van der Waals surface area contributed by atoms with Crippen LogP contribution in [0.25, 0.3) is 0 Å². The fraction of sp³-hybridized carbons (Fsp3) is 0.231. The van der Waals surface area contributed by atoms with Crippen LogP contribution in [0.15, 0.2) is 24.3 Å². The van der Waals surface area contributed by atoms with E-state index < -0.39 is 0 Å². The second-order valence-corrected chi connectivity index (χ2v) is 4.20. The summed E-state index contributed by atoms with van der Waals surface area (Å²) >= 11 is 5.82. The fourth-order valence-electron chi connectivity index (χ4n) is 1.66. The summed E-state index contributed by atoms with van der Waals surface area (Å²) in [5.74, 6) is 1.94. The quantitative estimate of drug-likeness (QED) is 0.871. The Balaban J connectivity index is 2.28. The van der Waals surface area contributed by atoms with Crippen LogP contribution < -0.4 is 14.8 Å². The van der Waals surface area contributed by atoms with Gasteiger partial charge in [0.1, 0.15) is 5.82 Å². The topological polar surface area (TPSA) is 56.3 Å². The molecule has 1 N–H and O–H groups in total. The van der Waals surface area contributed by atoms with Crippen LogP contribution in [-0.2, 0) is 0 Å². The maximum absolute atomic E-state index is 5.82. The van der Waals surface area contributed by atoms with Crippen LogP contribution in [0.3, 0.4) is 0 Å². The Labute approximate surface area is 116 Å². The largest absolute Gasteiger partial charge is 0.493 e. The zero-order valence-corrected chi connectivity index (χ0v) is 11.7. The van der Waals surface area contributed by atoms with E-state index in [1.807, 2.05) is 31.2 Å². The standard InChI is InChI=1S/C13H14ClN3O2/c1-8-6-12(17-13(14)15-8)16-9-4-5-10(18-2)11(7-9)19-3/h4-7H,1-3H3,(H,15,16,17). The zero-order valence-electron chi connectivity index (χ0n) is 10.9. The van der Waals surface area contributed by atoms with E-state index in [1.165, 1.54) is 0 Å². The molecule has 1 aromatic carbocycles. The summed E-state index contributed by atoms with van der Waals surface area (Å²) in [6, 6.07) is 7.32. The van der Waals surface area contributed by atoms with Gasteiger partial charge in [-0.15, -0.1) is 0 Å². The molecule has 0 bridgehead atoms. The van der Waals surface area contributed by atoms with Gasteiger partial charge in [-0.1, -0.05) is 0 Å². The summed E-state index contributed by atoms with van der Waals surface area (Å²) in [4.78, 5) is 8.11. The predicted octanol–water partition coefficient (Wildman–Crippen LogP) is 3.20. The van der Waals surface area contributed by atoms with Crippen molar-refractivity contribution < 1.29 is 9.47 Å². The smallest absolute Gasteiger partial charge is 0.224 e. The lowest BCUT2D eigenvalue weighted by atomic mass is 10.2. The third kappa shape index (κ3) is 3.26. The van der Waals surface area contributed by atoms with Crippen molar-refractivity contribution in [2.24, 2.45) is 0 Å². The van der Waals surface area contributed by atoms with Gasteiger partial charge in [0.25, 0.3) is 0 Å². The molecule has 0 fully saturated rings. The maximum atomic E-state index is 5.82. The number of hydrogen-bond donors (Lipinski definition) is 1. The molecule has 1 aromatic heterocycles. The van der Waals surface area contributed by atoms with Gasteiger partial charge in [-0.25, -0.2) is 9.97 Å². The Morgan fingerprint density at radius 3 is 2.42 bits per heavy atom. The highest BCUT2D eigenvalue weighted by atomic mass is 35.5. The van der Waals surface area contributed by atoms with Crippen molar-refractivity contribution in [3.63, 3.8) is 0 Å². The number of aryl methyl sites for hydroxylation is 1. The first-order valence-corrected chi connectivity index (χ1v) is 6.00. The molecule has 1 heterocycles. The van der Waals surface area contributed by atoms with Crippen molar-refractivity contribution in [3.8, 4) is 11.5 Å². The molecule has 0 saturated heterocycles. The number of halogens is 1. The molecule has 6 heteroatoms. The highest BCUT2D eigenvalue weighted by Crippen LogP contribution is 2.30. The molecule has 19 heavy (non-hydrogen) atoms. The molecule has 2 aromatic rings. The van der Waals surface area contributed by atoms with Gasteiger partial charge in [-0.3, -0.25) is 0 Å². The number of hydrogen-bond acceptors (Lipinski definition) is 5. The number of anilines is 2. The molecule has 0 amide bonds. The van der Waals surface area contributed by atoms with Crippen LogP contribution in [0.1, 0.15) is 5.69 Å². The predicted molar refractivity (Wildman–Crippen MR) is 74.6 cm³/mol. The number of benzene rings is 1. The molecule has 0 aliphatic carbocycles. The molecular weight excluding hydrogens is 266 g/mol. The summed E-state index contributed by atoms with van der Waals surface area (Å²) in [6.45, 7) is 1.85. The maximum Gasteiger partial charge on any atom is 0.224 e. The Hall–Kier alpha value is -2.01. The number of rotatable bonds is 4. The highest BCUT2D eigenvalue weighted by Gasteiger charge is 2.06. The Morgan fingerprint density at radius 2 is 1.79 bits per heavy atom. The third-order valence-corrected chi connectivity index (χ3v) is 2.65. The molecule has 0 aliphatic rings. The lowest BCUT2D eigenvalue weighted by molar-refractivity contribution is 0.355. The molecule has 0 spiro atoms. The van der Waals surface area contributed by atoms with Crippen molar-refractivity contribution in [1.82, 2.24) is 9.97 Å². The van der Waals surface area contributed by atoms with E-state index in [0.717, 1.165) is 11.4 Å². The minimum absolute atomic E-state index is 0.211. The lowest BCUT2D eigenvalue weighted by Gasteiger charge is -2.11. The van der Waals surface area contributed by atoms with Crippen molar-refractivity contribution in [3.05, 3.63) is 35.2 Å². The van der Waals surface area contributed by atoms with Crippen LogP contribution in [0, 0.1) is 6.92 Å². The van der Waals surface area contributed by atoms with E-state index in [4.69, 9.17) is 21.1 Å². The molecule has 100 valence electrons. The molecule has 0 radical (unpaired) electrons. The Morgan fingerprint density at radius 1 is 1.05 bits per heavy atom. The number of aromatic nitrogens is 2. The van der Waals surface area contributed by atoms with E-state index in [-0.39, 0.29) is 5.28 Å². The van der Waals surface area contributed by atoms with Crippen LogP contribution in [0.5, 0.6) is 11.5 Å². The second-order valence-electron chi connectivity index (χ2n) is 3.86. The monoisotopic (exact) mass is 279 g/mol. The lowest BCUT2D eigenvalue weighted by Crippen LogP contribution is -1.98. The van der Waals surface area contributed by atoms with Crippen molar-refractivity contribution in [2.45, 2.75) is 6.92 Å². The highest BCUT2D eigenvalue weighted by molar-refractivity contribution is 6.28. The summed E-state index contributed by atoms with van der Waals surface area (Å²) in [6.07, 6.45) is 0. The van der Waals surface area contributed by atoms with Gasteiger partial charge in [0, 0.05) is 23.5 Å². The summed E-state index contributed by atoms with van der Waals surface area (Å²) in [7, 11) is 3.19. The molecule has 0 saturated carbocycles. The second kappa shape index (κ2) is 5.75. The van der Waals surface area contributed by atoms with Crippen LogP contribution in [0.2, 0.25) is 5.28 Å². The average molecular weight is 280 g/mol. The molecule has 0 unspecified atom stereocenters. The van der Waals surface area contributed by atoms with E-state index in [1.54, 1.807) is 14.2 Å². The van der Waals surface area contributed by atoms with Gasteiger partial charge >= 0.3 is 0 Å². The zero-order chi connectivity index (χ0) is 13.8. The van der Waals surface area contributed by atoms with Gasteiger partial charge in [0.15, 0.2) is 11.5 Å². The molecule has 0 aliphatic heterocycles. The number of ether oxygens (including phenoxy) is 2. The molecule has 2 rings (SSSR count). The van der Waals surface area contributed by atoms with Gasteiger partial charge in [0.05, 0.1) is 14.2 Å². The minimum Gasteiger partial charge on any atom is -0.493 e. The van der Waals surface area contributed by atoms with Crippen molar-refractivity contribution >= 4 is 23.1 Å². The van der Waals surface area contributed by atoms with E-state index in [2.05, 4.69) is 15.3 Å². The van der Waals surface area contributed by atoms with Crippen LogP contribution in [0.4, 0.5) is 11.5 Å². The van der Waals surface area contributed by atoms with Gasteiger partial charge in [-0.05, 0) is 30.7 Å². The fourth-order valence-corrected chi connectivity index (χ4v) is 1.88. The van der Waals surface area contributed by atoms with Crippen molar-refractivity contribution in [2.75, 3.05) is 19.5 Å². The normalized spacial score (nSPS) is 10.1. The minimum atomic E-state index is 0.211. The van der Waals surface area contributed by atoms with Crippen LogP contribution >= 0.6 is 11.6 Å².